The molecule has 2 unspecified atom stereocenters. The van der Waals surface area contributed by atoms with Crippen LogP contribution in [0.3, 0.4) is 0 Å². The average molecular weight is 281 g/mol. The van der Waals surface area contributed by atoms with Crippen LogP contribution in [0.1, 0.15) is 31.7 Å². The van der Waals surface area contributed by atoms with Crippen molar-refractivity contribution in [3.05, 3.63) is 36.0 Å². The largest absolute Gasteiger partial charge is 0.380 e. The highest BCUT2D eigenvalue weighted by Gasteiger charge is 2.38. The predicted octanol–water partition coefficient (Wildman–Crippen LogP) is 3.58. The second-order valence-corrected chi connectivity index (χ2v) is 6.68. The van der Waals surface area contributed by atoms with Gasteiger partial charge in [0, 0.05) is 41.9 Å². The molecule has 0 bridgehead atoms. The number of benzene rings is 1. The minimum absolute atomic E-state index is 0.562. The Morgan fingerprint density at radius 1 is 1.24 bits per heavy atom. The standard InChI is InChI=1S/C18H23N3/c1-12-5-8-17(16-4-3-9-19-18(12)16)20-14-10-13(2)21(11-14)15-6-7-15/h3-5,8-9,13-15,20H,6-7,10-11H2,1-2H3. The highest BCUT2D eigenvalue weighted by atomic mass is 15.3. The Balaban J connectivity index is 1.59. The fourth-order valence-electron chi connectivity index (χ4n) is 3.74. The first-order chi connectivity index (χ1) is 10.2. The minimum atomic E-state index is 0.562. The summed E-state index contributed by atoms with van der Waals surface area (Å²) in [6.45, 7) is 5.68. The summed E-state index contributed by atoms with van der Waals surface area (Å²) in [5.74, 6) is 0. The zero-order valence-corrected chi connectivity index (χ0v) is 12.8. The average Bonchev–Trinajstić information content (AvgIpc) is 3.27. The van der Waals surface area contributed by atoms with Crippen molar-refractivity contribution >= 4 is 16.6 Å². The molecule has 1 aliphatic carbocycles. The summed E-state index contributed by atoms with van der Waals surface area (Å²) in [4.78, 5) is 7.22. The van der Waals surface area contributed by atoms with Crippen LogP contribution in [0, 0.1) is 6.92 Å². The lowest BCUT2D eigenvalue weighted by atomic mass is 10.1. The number of nitrogens with zero attached hydrogens (tertiary/aromatic N) is 2. The molecule has 0 radical (unpaired) electrons. The fraction of sp³-hybridized carbons (Fsp3) is 0.500. The van der Waals surface area contributed by atoms with Gasteiger partial charge >= 0.3 is 0 Å². The molecule has 2 aromatic rings. The summed E-state index contributed by atoms with van der Waals surface area (Å²) in [5.41, 5.74) is 3.60. The highest BCUT2D eigenvalue weighted by molar-refractivity contribution is 5.93. The van der Waals surface area contributed by atoms with Crippen LogP contribution in [-0.4, -0.2) is 34.6 Å². The van der Waals surface area contributed by atoms with Gasteiger partial charge in [-0.25, -0.2) is 0 Å². The van der Waals surface area contributed by atoms with Crippen molar-refractivity contribution in [2.75, 3.05) is 11.9 Å². The highest BCUT2D eigenvalue weighted by Crippen LogP contribution is 2.35. The number of aryl methyl sites for hydroxylation is 1. The number of nitrogens with one attached hydrogen (secondary N) is 1. The first-order valence-electron chi connectivity index (χ1n) is 8.09. The fourth-order valence-corrected chi connectivity index (χ4v) is 3.74. The van der Waals surface area contributed by atoms with E-state index >= 15 is 0 Å². The summed E-state index contributed by atoms with van der Waals surface area (Å²) in [7, 11) is 0. The number of anilines is 1. The van der Waals surface area contributed by atoms with Crippen LogP contribution in [0.5, 0.6) is 0 Å². The molecule has 1 saturated heterocycles. The number of likely N-dealkylation sites (tertiary alicyclic amines) is 1. The molecule has 21 heavy (non-hydrogen) atoms. The monoisotopic (exact) mass is 281 g/mol. The van der Waals surface area contributed by atoms with E-state index in [1.807, 2.05) is 12.3 Å². The molecule has 3 heteroatoms. The van der Waals surface area contributed by atoms with Crippen LogP contribution in [0.4, 0.5) is 5.69 Å². The smallest absolute Gasteiger partial charge is 0.0751 e. The summed E-state index contributed by atoms with van der Waals surface area (Å²) >= 11 is 0. The van der Waals surface area contributed by atoms with Crippen LogP contribution in [0.15, 0.2) is 30.5 Å². The van der Waals surface area contributed by atoms with Gasteiger partial charge < -0.3 is 5.32 Å². The molecule has 1 N–H and O–H groups in total. The normalized spacial score (nSPS) is 26.4. The van der Waals surface area contributed by atoms with Crippen LogP contribution in [-0.2, 0) is 0 Å². The van der Waals surface area contributed by atoms with E-state index < -0.39 is 0 Å². The number of rotatable bonds is 3. The maximum atomic E-state index is 4.53. The second-order valence-electron chi connectivity index (χ2n) is 6.68. The molecule has 1 aliphatic heterocycles. The maximum absolute atomic E-state index is 4.53. The number of fused-ring (bicyclic) bond motifs is 1. The molecule has 2 atom stereocenters. The Morgan fingerprint density at radius 2 is 2.10 bits per heavy atom. The first kappa shape index (κ1) is 13.1. The molecule has 2 heterocycles. The molecule has 0 spiro atoms. The molecule has 1 saturated carbocycles. The van der Waals surface area contributed by atoms with Gasteiger partial charge in [-0.1, -0.05) is 6.07 Å². The van der Waals surface area contributed by atoms with Crippen molar-refractivity contribution in [1.29, 1.82) is 0 Å². The van der Waals surface area contributed by atoms with Crippen molar-refractivity contribution < 1.29 is 0 Å². The van der Waals surface area contributed by atoms with Crippen LogP contribution < -0.4 is 5.32 Å². The minimum Gasteiger partial charge on any atom is -0.380 e. The third-order valence-corrected chi connectivity index (χ3v) is 4.97. The third kappa shape index (κ3) is 2.40. The first-order valence-corrected chi connectivity index (χ1v) is 8.09. The van der Waals surface area contributed by atoms with Gasteiger partial charge in [0.2, 0.25) is 0 Å². The maximum Gasteiger partial charge on any atom is 0.0751 e. The lowest BCUT2D eigenvalue weighted by Gasteiger charge is -2.20. The second kappa shape index (κ2) is 4.99. The number of pyridine rings is 1. The van der Waals surface area contributed by atoms with Crippen molar-refractivity contribution in [3.63, 3.8) is 0 Å². The summed E-state index contributed by atoms with van der Waals surface area (Å²) in [6.07, 6.45) is 5.92. The van der Waals surface area contributed by atoms with E-state index in [2.05, 4.69) is 47.2 Å². The van der Waals surface area contributed by atoms with E-state index in [4.69, 9.17) is 0 Å². The van der Waals surface area contributed by atoms with Gasteiger partial charge in [0.05, 0.1) is 5.52 Å². The van der Waals surface area contributed by atoms with Gasteiger partial charge in [0.25, 0.3) is 0 Å². The Labute approximate surface area is 126 Å². The Kier molecular flexibility index (Phi) is 3.11. The molecule has 1 aromatic heterocycles. The van der Waals surface area contributed by atoms with E-state index in [9.17, 15) is 0 Å². The molecule has 1 aromatic carbocycles. The van der Waals surface area contributed by atoms with Crippen molar-refractivity contribution in [1.82, 2.24) is 9.88 Å². The summed E-state index contributed by atoms with van der Waals surface area (Å²) in [6, 6.07) is 10.7. The van der Waals surface area contributed by atoms with Crippen molar-refractivity contribution in [2.45, 2.75) is 51.2 Å². The van der Waals surface area contributed by atoms with E-state index in [0.29, 0.717) is 12.1 Å². The summed E-state index contributed by atoms with van der Waals surface area (Å²) in [5, 5.41) is 5.02. The van der Waals surface area contributed by atoms with Crippen LogP contribution in [0.2, 0.25) is 0 Å². The van der Waals surface area contributed by atoms with Gasteiger partial charge in [-0.15, -0.1) is 0 Å². The third-order valence-electron chi connectivity index (χ3n) is 4.97. The molecule has 3 nitrogen and oxygen atoms in total. The van der Waals surface area contributed by atoms with Gasteiger partial charge in [-0.05, 0) is 56.9 Å². The van der Waals surface area contributed by atoms with Gasteiger partial charge in [0.15, 0.2) is 0 Å². The van der Waals surface area contributed by atoms with Gasteiger partial charge in [0.1, 0.15) is 0 Å². The lowest BCUT2D eigenvalue weighted by molar-refractivity contribution is 0.257. The molecule has 0 amide bonds. The van der Waals surface area contributed by atoms with Crippen LogP contribution in [0.25, 0.3) is 10.9 Å². The lowest BCUT2D eigenvalue weighted by Crippen LogP contribution is -2.31. The summed E-state index contributed by atoms with van der Waals surface area (Å²) < 4.78 is 0. The Hall–Kier alpha value is -1.61. The predicted molar refractivity (Wildman–Crippen MR) is 87.7 cm³/mol. The van der Waals surface area contributed by atoms with Gasteiger partial charge in [-0.2, -0.15) is 0 Å². The molecule has 2 aliphatic rings. The molecule has 2 fully saturated rings. The van der Waals surface area contributed by atoms with Gasteiger partial charge in [-0.3, -0.25) is 9.88 Å². The van der Waals surface area contributed by atoms with E-state index in [1.54, 1.807) is 0 Å². The molecular formula is C18H23N3. The Morgan fingerprint density at radius 3 is 2.90 bits per heavy atom. The molecular weight excluding hydrogens is 258 g/mol. The zero-order valence-electron chi connectivity index (χ0n) is 12.8. The van der Waals surface area contributed by atoms with E-state index in [1.165, 1.54) is 42.4 Å². The quantitative estimate of drug-likeness (QED) is 0.932. The molecule has 4 rings (SSSR count). The Bertz CT molecular complexity index is 663. The number of hydrogen-bond donors (Lipinski definition) is 1. The number of aromatic nitrogens is 1. The number of hydrogen-bond acceptors (Lipinski definition) is 3. The topological polar surface area (TPSA) is 28.2 Å². The van der Waals surface area contributed by atoms with Crippen LogP contribution >= 0.6 is 0 Å². The van der Waals surface area contributed by atoms with Crippen molar-refractivity contribution in [3.8, 4) is 0 Å². The van der Waals surface area contributed by atoms with E-state index in [0.717, 1.165) is 11.6 Å². The SMILES string of the molecule is Cc1ccc(NC2CC(C)N(C3CC3)C2)c2cccnc12. The van der Waals surface area contributed by atoms with Crippen molar-refractivity contribution in [2.24, 2.45) is 0 Å². The van der Waals surface area contributed by atoms with E-state index in [-0.39, 0.29) is 0 Å². The zero-order chi connectivity index (χ0) is 14.4. The molecule has 110 valence electrons.